The number of hydrogen-bond acceptors (Lipinski definition) is 1. The van der Waals surface area contributed by atoms with E-state index in [1.165, 1.54) is 0 Å². The first-order valence-electron chi connectivity index (χ1n) is 6.03. The highest BCUT2D eigenvalue weighted by Gasteiger charge is 2.46. The van der Waals surface area contributed by atoms with Crippen molar-refractivity contribution in [1.82, 2.24) is 0 Å². The van der Waals surface area contributed by atoms with Gasteiger partial charge < -0.3 is 5.11 Å². The average Bonchev–Trinajstić information content (AvgIpc) is 2.39. The minimum Gasteiger partial charge on any atom is -0.481 e. The molecule has 2 atom stereocenters. The van der Waals surface area contributed by atoms with Crippen LogP contribution in [0, 0.1) is 5.92 Å². The van der Waals surface area contributed by atoms with E-state index in [1.54, 1.807) is 0 Å². The molecule has 2 nitrogen and oxygen atoms in total. The second-order valence-corrected chi connectivity index (χ2v) is 4.96. The summed E-state index contributed by atoms with van der Waals surface area (Å²) in [6, 6.07) is 7.75. The number of allylic oxidation sites excluding steroid dienone is 5. The van der Waals surface area contributed by atoms with Crippen LogP contribution < -0.4 is 0 Å². The van der Waals surface area contributed by atoms with Crippen LogP contribution in [0.5, 0.6) is 0 Å². The first-order valence-corrected chi connectivity index (χ1v) is 6.03. The molecule has 2 aliphatic carbocycles. The van der Waals surface area contributed by atoms with Crippen LogP contribution in [0.25, 0.3) is 6.08 Å². The van der Waals surface area contributed by atoms with Crippen LogP contribution in [-0.4, -0.2) is 11.1 Å². The average molecular weight is 238 g/mol. The minimum atomic E-state index is -0.887. The van der Waals surface area contributed by atoms with Gasteiger partial charge in [0.15, 0.2) is 0 Å². The van der Waals surface area contributed by atoms with Gasteiger partial charge in [0.1, 0.15) is 5.41 Å². The van der Waals surface area contributed by atoms with Gasteiger partial charge in [-0.15, -0.1) is 0 Å². The summed E-state index contributed by atoms with van der Waals surface area (Å²) in [5, 5.41) is 9.70. The molecule has 0 aromatic heterocycles. The molecule has 90 valence electrons. The molecule has 1 N–H and O–H groups in total. The van der Waals surface area contributed by atoms with E-state index in [0.717, 1.165) is 16.7 Å². The standard InChI is InChI=1S/C16H14O2/c1-16(15(17)18)13-8-4-2-6-11(13)10-12-7-3-5-9-14(12)16/h2-10,13H,1H3,(H,17,18)/t13-,16+/m1/s1. The summed E-state index contributed by atoms with van der Waals surface area (Å²) >= 11 is 0. The highest BCUT2D eigenvalue weighted by molar-refractivity contribution is 5.87. The summed E-state index contributed by atoms with van der Waals surface area (Å²) in [5.74, 6) is -0.861. The van der Waals surface area contributed by atoms with Crippen molar-refractivity contribution in [3.05, 3.63) is 65.3 Å². The first kappa shape index (κ1) is 11.0. The quantitative estimate of drug-likeness (QED) is 0.816. The van der Waals surface area contributed by atoms with Crippen LogP contribution >= 0.6 is 0 Å². The molecule has 0 unspecified atom stereocenters. The molecule has 0 fully saturated rings. The van der Waals surface area contributed by atoms with Crippen molar-refractivity contribution in [1.29, 1.82) is 0 Å². The van der Waals surface area contributed by atoms with Crippen molar-refractivity contribution < 1.29 is 9.90 Å². The molecular formula is C16H14O2. The van der Waals surface area contributed by atoms with Crippen molar-refractivity contribution >= 4 is 12.0 Å². The summed E-state index contributed by atoms with van der Waals surface area (Å²) in [5.41, 5.74) is 2.09. The Balaban J connectivity index is 2.30. The number of aliphatic carboxylic acids is 1. The number of rotatable bonds is 1. The predicted molar refractivity (Wildman–Crippen MR) is 71.2 cm³/mol. The molecule has 1 aromatic carbocycles. The van der Waals surface area contributed by atoms with Crippen molar-refractivity contribution in [3.8, 4) is 0 Å². The van der Waals surface area contributed by atoms with Crippen LogP contribution in [0.2, 0.25) is 0 Å². The second kappa shape index (κ2) is 3.70. The maximum absolute atomic E-state index is 11.8. The van der Waals surface area contributed by atoms with E-state index < -0.39 is 11.4 Å². The lowest BCUT2D eigenvalue weighted by Gasteiger charge is -2.38. The maximum atomic E-state index is 11.8. The van der Waals surface area contributed by atoms with E-state index in [0.29, 0.717) is 0 Å². The number of carboxylic acid groups (broad SMARTS) is 1. The third-order valence-corrected chi connectivity index (χ3v) is 3.97. The summed E-state index contributed by atoms with van der Waals surface area (Å²) < 4.78 is 0. The lowest BCUT2D eigenvalue weighted by molar-refractivity contribution is -0.144. The molecule has 1 aromatic rings. The molecular weight excluding hydrogens is 224 g/mol. The van der Waals surface area contributed by atoms with E-state index in [1.807, 2.05) is 55.5 Å². The van der Waals surface area contributed by atoms with Gasteiger partial charge in [-0.2, -0.15) is 0 Å². The molecule has 0 saturated carbocycles. The van der Waals surface area contributed by atoms with E-state index in [2.05, 4.69) is 6.08 Å². The van der Waals surface area contributed by atoms with Crippen molar-refractivity contribution in [2.75, 3.05) is 0 Å². The fourth-order valence-corrected chi connectivity index (χ4v) is 2.91. The highest BCUT2D eigenvalue weighted by Crippen LogP contribution is 2.45. The molecule has 0 heterocycles. The van der Waals surface area contributed by atoms with E-state index >= 15 is 0 Å². The third kappa shape index (κ3) is 1.32. The topological polar surface area (TPSA) is 37.3 Å². The van der Waals surface area contributed by atoms with Crippen molar-refractivity contribution in [2.45, 2.75) is 12.3 Å². The molecule has 18 heavy (non-hydrogen) atoms. The van der Waals surface area contributed by atoms with Gasteiger partial charge in [-0.1, -0.05) is 54.6 Å². The predicted octanol–water partition coefficient (Wildman–Crippen LogP) is 3.17. The summed E-state index contributed by atoms with van der Waals surface area (Å²) in [4.78, 5) is 11.8. The number of carboxylic acids is 1. The zero-order valence-electron chi connectivity index (χ0n) is 10.1. The van der Waals surface area contributed by atoms with Gasteiger partial charge in [0, 0.05) is 5.92 Å². The SMILES string of the molecule is C[C@@]1(C(=O)O)c2ccccc2C=C2C=CC=C[C@H]21. The summed E-state index contributed by atoms with van der Waals surface area (Å²) in [6.45, 7) is 1.81. The molecule has 0 spiro atoms. The smallest absolute Gasteiger partial charge is 0.314 e. The molecule has 2 aliphatic rings. The Morgan fingerprint density at radius 2 is 2.06 bits per heavy atom. The Bertz CT molecular complexity index is 607. The van der Waals surface area contributed by atoms with Crippen molar-refractivity contribution in [2.24, 2.45) is 5.92 Å². The van der Waals surface area contributed by atoms with E-state index in [-0.39, 0.29) is 5.92 Å². The summed E-state index contributed by atoms with van der Waals surface area (Å²) in [6.07, 6.45) is 9.96. The van der Waals surface area contributed by atoms with Gasteiger partial charge >= 0.3 is 5.97 Å². The van der Waals surface area contributed by atoms with Crippen LogP contribution in [0.15, 0.2) is 54.1 Å². The Labute approximate surface area is 106 Å². The Morgan fingerprint density at radius 1 is 1.28 bits per heavy atom. The Kier molecular flexibility index (Phi) is 2.27. The van der Waals surface area contributed by atoms with Crippen LogP contribution in [0.4, 0.5) is 0 Å². The zero-order chi connectivity index (χ0) is 12.8. The lowest BCUT2D eigenvalue weighted by atomic mass is 9.63. The molecule has 0 amide bonds. The van der Waals surface area contributed by atoms with Crippen molar-refractivity contribution in [3.63, 3.8) is 0 Å². The largest absolute Gasteiger partial charge is 0.481 e. The zero-order valence-corrected chi connectivity index (χ0v) is 10.1. The maximum Gasteiger partial charge on any atom is 0.314 e. The molecule has 0 aliphatic heterocycles. The first-order chi connectivity index (χ1) is 8.64. The van der Waals surface area contributed by atoms with Gasteiger partial charge in [-0.05, 0) is 23.6 Å². The number of carbonyl (C=O) groups is 1. The van der Waals surface area contributed by atoms with E-state index in [4.69, 9.17) is 0 Å². The fourth-order valence-electron chi connectivity index (χ4n) is 2.91. The number of benzene rings is 1. The summed E-state index contributed by atoms with van der Waals surface area (Å²) in [7, 11) is 0. The molecule has 0 bridgehead atoms. The highest BCUT2D eigenvalue weighted by atomic mass is 16.4. The monoisotopic (exact) mass is 238 g/mol. The molecule has 0 radical (unpaired) electrons. The Morgan fingerprint density at radius 3 is 2.83 bits per heavy atom. The van der Waals surface area contributed by atoms with E-state index in [9.17, 15) is 9.90 Å². The van der Waals surface area contributed by atoms with Gasteiger partial charge in [0.2, 0.25) is 0 Å². The van der Waals surface area contributed by atoms with Gasteiger partial charge in [0.25, 0.3) is 0 Å². The second-order valence-electron chi connectivity index (χ2n) is 4.96. The lowest BCUT2D eigenvalue weighted by Crippen LogP contribution is -2.42. The van der Waals surface area contributed by atoms with Gasteiger partial charge in [-0.25, -0.2) is 0 Å². The number of fused-ring (bicyclic) bond motifs is 2. The van der Waals surface area contributed by atoms with Gasteiger partial charge in [0.05, 0.1) is 0 Å². The van der Waals surface area contributed by atoms with Gasteiger partial charge in [-0.3, -0.25) is 4.79 Å². The molecule has 3 rings (SSSR count). The van der Waals surface area contributed by atoms with Crippen LogP contribution in [-0.2, 0) is 10.2 Å². The number of hydrogen-bond donors (Lipinski definition) is 1. The van der Waals surface area contributed by atoms with Crippen LogP contribution in [0.3, 0.4) is 0 Å². The molecule has 2 heteroatoms. The molecule has 0 saturated heterocycles. The van der Waals surface area contributed by atoms with Crippen LogP contribution in [0.1, 0.15) is 18.1 Å². The third-order valence-electron chi connectivity index (χ3n) is 3.97. The minimum absolute atomic E-state index is 0.0881. The normalized spacial score (nSPS) is 28.3. The fraction of sp³-hybridized carbons (Fsp3) is 0.188. The Hall–Kier alpha value is -2.09.